The van der Waals surface area contributed by atoms with E-state index in [-0.39, 0.29) is 16.8 Å². The molecule has 3 N–H and O–H groups in total. The zero-order valence-corrected chi connectivity index (χ0v) is 16.7. The van der Waals surface area contributed by atoms with Crippen LogP contribution in [0.5, 0.6) is 0 Å². The molecule has 2 amide bonds. The van der Waals surface area contributed by atoms with Crippen LogP contribution in [0.1, 0.15) is 47.2 Å². The number of carbonyl (C=O) groups excluding carboxylic acids is 2. The van der Waals surface area contributed by atoms with Gasteiger partial charge in [-0.15, -0.1) is 0 Å². The summed E-state index contributed by atoms with van der Waals surface area (Å²) in [4.78, 5) is 24.3. The van der Waals surface area contributed by atoms with Crippen molar-refractivity contribution in [2.45, 2.75) is 38.3 Å². The lowest BCUT2D eigenvalue weighted by atomic mass is 10.1. The van der Waals surface area contributed by atoms with E-state index >= 15 is 0 Å². The van der Waals surface area contributed by atoms with Crippen molar-refractivity contribution in [1.29, 1.82) is 0 Å². The Bertz CT molecular complexity index is 971. The summed E-state index contributed by atoms with van der Waals surface area (Å²) in [5.41, 5.74) is 0.743. The van der Waals surface area contributed by atoms with E-state index < -0.39 is 21.5 Å². The average molecular weight is 393 g/mol. The van der Waals surface area contributed by atoms with Crippen molar-refractivity contribution in [2.75, 3.05) is 12.4 Å². The summed E-state index contributed by atoms with van der Waals surface area (Å²) in [5, 5.41) is 4.81. The van der Waals surface area contributed by atoms with Gasteiger partial charge in [-0.3, -0.25) is 9.59 Å². The van der Waals surface area contributed by atoms with Crippen molar-refractivity contribution in [1.82, 2.24) is 10.0 Å². The van der Waals surface area contributed by atoms with Gasteiger partial charge in [-0.1, -0.05) is 6.07 Å². The summed E-state index contributed by atoms with van der Waals surface area (Å²) >= 11 is 0. The Hall–Kier alpha value is -2.65. The number of benzene rings is 1. The number of hydrogen-bond donors (Lipinski definition) is 3. The van der Waals surface area contributed by atoms with Crippen LogP contribution in [0.3, 0.4) is 0 Å². The minimum absolute atomic E-state index is 0.158. The lowest BCUT2D eigenvalue weighted by Crippen LogP contribution is -2.40. The molecular weight excluding hydrogens is 370 g/mol. The molecule has 2 aromatic rings. The molecule has 0 spiro atoms. The van der Waals surface area contributed by atoms with E-state index in [9.17, 15) is 18.0 Å². The predicted molar refractivity (Wildman–Crippen MR) is 101 cm³/mol. The van der Waals surface area contributed by atoms with Crippen molar-refractivity contribution in [3.63, 3.8) is 0 Å². The Kier molecular flexibility index (Phi) is 5.76. The Morgan fingerprint density at radius 1 is 1.04 bits per heavy atom. The number of amides is 2. The molecule has 0 aliphatic carbocycles. The summed E-state index contributed by atoms with van der Waals surface area (Å²) in [6.07, 6.45) is 0. The van der Waals surface area contributed by atoms with Gasteiger partial charge < -0.3 is 15.1 Å². The number of nitrogens with one attached hydrogen (secondary N) is 3. The standard InChI is InChI=1S/C18H23N3O5S/c1-11-12(16(22)19-5)7-6-8-13(11)20-17(23)14-9-10-15(26-14)27(24,25)21-18(2,3)4/h6-10,21H,1-5H3,(H,19,22)(H,20,23). The Morgan fingerprint density at radius 3 is 2.30 bits per heavy atom. The third-order valence-corrected chi connectivity index (χ3v) is 5.19. The SMILES string of the molecule is CNC(=O)c1cccc(NC(=O)c2ccc(S(=O)(=O)NC(C)(C)C)o2)c1C. The second kappa shape index (κ2) is 7.53. The zero-order valence-electron chi connectivity index (χ0n) is 15.8. The van der Waals surface area contributed by atoms with Gasteiger partial charge in [0.05, 0.1) is 0 Å². The van der Waals surface area contributed by atoms with Crippen molar-refractivity contribution < 1.29 is 22.4 Å². The first-order valence-electron chi connectivity index (χ1n) is 8.21. The minimum atomic E-state index is -3.88. The van der Waals surface area contributed by atoms with E-state index in [0.717, 1.165) is 0 Å². The third-order valence-electron chi connectivity index (χ3n) is 3.56. The highest BCUT2D eigenvalue weighted by atomic mass is 32.2. The summed E-state index contributed by atoms with van der Waals surface area (Å²) in [7, 11) is -2.37. The minimum Gasteiger partial charge on any atom is -0.438 e. The fraction of sp³-hybridized carbons (Fsp3) is 0.333. The molecule has 0 bridgehead atoms. The number of sulfonamides is 1. The maximum atomic E-state index is 12.4. The average Bonchev–Trinajstić information content (AvgIpc) is 3.05. The number of rotatable bonds is 5. The van der Waals surface area contributed by atoms with Crippen molar-refractivity contribution in [2.24, 2.45) is 0 Å². The molecule has 8 nitrogen and oxygen atoms in total. The molecule has 9 heteroatoms. The summed E-state index contributed by atoms with van der Waals surface area (Å²) in [6, 6.07) is 7.42. The highest BCUT2D eigenvalue weighted by Gasteiger charge is 2.26. The molecule has 0 saturated heterocycles. The van der Waals surface area contributed by atoms with E-state index in [2.05, 4.69) is 15.4 Å². The summed E-state index contributed by atoms with van der Waals surface area (Å²) in [5.74, 6) is -1.05. The maximum absolute atomic E-state index is 12.4. The number of hydrogen-bond acceptors (Lipinski definition) is 5. The molecular formula is C18H23N3O5S. The lowest BCUT2D eigenvalue weighted by Gasteiger charge is -2.19. The fourth-order valence-corrected chi connectivity index (χ4v) is 3.73. The quantitative estimate of drug-likeness (QED) is 0.720. The van der Waals surface area contributed by atoms with Crippen LogP contribution in [0.25, 0.3) is 0 Å². The molecule has 0 saturated carbocycles. The van der Waals surface area contributed by atoms with Gasteiger partial charge in [0.1, 0.15) is 0 Å². The normalized spacial score (nSPS) is 11.9. The Balaban J connectivity index is 2.24. The second-order valence-corrected chi connectivity index (χ2v) is 8.60. The molecule has 1 heterocycles. The van der Waals surface area contributed by atoms with Crippen LogP contribution < -0.4 is 15.4 Å². The van der Waals surface area contributed by atoms with Crippen molar-refractivity contribution >= 4 is 27.5 Å². The maximum Gasteiger partial charge on any atom is 0.291 e. The van der Waals surface area contributed by atoms with Crippen LogP contribution in [0, 0.1) is 6.92 Å². The highest BCUT2D eigenvalue weighted by Crippen LogP contribution is 2.21. The van der Waals surface area contributed by atoms with Gasteiger partial charge in [0.25, 0.3) is 21.8 Å². The van der Waals surface area contributed by atoms with Gasteiger partial charge in [0.2, 0.25) is 5.09 Å². The van der Waals surface area contributed by atoms with E-state index in [0.29, 0.717) is 16.8 Å². The summed E-state index contributed by atoms with van der Waals surface area (Å²) in [6.45, 7) is 6.79. The molecule has 146 valence electrons. The third kappa shape index (κ3) is 4.95. The first-order valence-corrected chi connectivity index (χ1v) is 9.70. The van der Waals surface area contributed by atoms with Gasteiger partial charge in [-0.05, 0) is 57.5 Å². The Morgan fingerprint density at radius 2 is 1.70 bits per heavy atom. The van der Waals surface area contributed by atoms with Gasteiger partial charge in [0.15, 0.2) is 5.76 Å². The van der Waals surface area contributed by atoms with E-state index in [1.165, 1.54) is 19.2 Å². The van der Waals surface area contributed by atoms with Gasteiger partial charge in [-0.2, -0.15) is 0 Å². The van der Waals surface area contributed by atoms with Crippen LogP contribution in [-0.2, 0) is 10.0 Å². The lowest BCUT2D eigenvalue weighted by molar-refractivity contribution is 0.0959. The van der Waals surface area contributed by atoms with Crippen LogP contribution in [-0.4, -0.2) is 32.8 Å². The molecule has 0 aliphatic rings. The van der Waals surface area contributed by atoms with Crippen LogP contribution in [0.15, 0.2) is 39.8 Å². The first-order chi connectivity index (χ1) is 12.4. The number of furan rings is 1. The Labute approximate surface area is 158 Å². The summed E-state index contributed by atoms with van der Waals surface area (Å²) < 4.78 is 32.2. The number of carbonyl (C=O) groups is 2. The fourth-order valence-electron chi connectivity index (χ4n) is 2.38. The topological polar surface area (TPSA) is 118 Å². The van der Waals surface area contributed by atoms with E-state index in [4.69, 9.17) is 4.42 Å². The molecule has 0 radical (unpaired) electrons. The van der Waals surface area contributed by atoms with Gasteiger partial charge in [0, 0.05) is 23.8 Å². The zero-order chi connectivity index (χ0) is 20.4. The predicted octanol–water partition coefficient (Wildman–Crippen LogP) is 2.28. The molecule has 0 unspecified atom stereocenters. The van der Waals surface area contributed by atoms with Crippen LogP contribution >= 0.6 is 0 Å². The molecule has 27 heavy (non-hydrogen) atoms. The molecule has 0 fully saturated rings. The van der Waals surface area contributed by atoms with Crippen molar-refractivity contribution in [3.8, 4) is 0 Å². The van der Waals surface area contributed by atoms with Crippen molar-refractivity contribution in [3.05, 3.63) is 47.2 Å². The molecule has 2 rings (SSSR count). The van der Waals surface area contributed by atoms with Crippen LogP contribution in [0.4, 0.5) is 5.69 Å². The van der Waals surface area contributed by atoms with Crippen LogP contribution in [0.2, 0.25) is 0 Å². The van der Waals surface area contributed by atoms with E-state index in [1.54, 1.807) is 45.9 Å². The smallest absolute Gasteiger partial charge is 0.291 e. The second-order valence-electron chi connectivity index (χ2n) is 6.99. The molecule has 1 aromatic carbocycles. The largest absolute Gasteiger partial charge is 0.438 e. The highest BCUT2D eigenvalue weighted by molar-refractivity contribution is 7.89. The molecule has 0 aliphatic heterocycles. The van der Waals surface area contributed by atoms with Gasteiger partial charge >= 0.3 is 0 Å². The molecule has 0 atom stereocenters. The first kappa shape index (κ1) is 20.7. The van der Waals surface area contributed by atoms with E-state index in [1.807, 2.05) is 0 Å². The molecule has 1 aromatic heterocycles. The number of anilines is 1. The van der Waals surface area contributed by atoms with Gasteiger partial charge in [-0.25, -0.2) is 13.1 Å². The monoisotopic (exact) mass is 393 g/mol.